The molecule has 2 aromatic rings. The Morgan fingerprint density at radius 2 is 1.67 bits per heavy atom. The molecule has 2 heteroatoms. The number of para-hydroxylation sites is 1. The van der Waals surface area contributed by atoms with Gasteiger partial charge in [-0.3, -0.25) is 4.79 Å². The summed E-state index contributed by atoms with van der Waals surface area (Å²) in [5, 5.41) is 0. The summed E-state index contributed by atoms with van der Waals surface area (Å²) in [5.74, 6) is 0.0771. The second kappa shape index (κ2) is 6.89. The van der Waals surface area contributed by atoms with Crippen LogP contribution in [0.4, 0.5) is 5.69 Å². The van der Waals surface area contributed by atoms with Gasteiger partial charge in [0.2, 0.25) is 0 Å². The van der Waals surface area contributed by atoms with Gasteiger partial charge in [-0.2, -0.15) is 0 Å². The van der Waals surface area contributed by atoms with Gasteiger partial charge in [0.25, 0.3) is 0 Å². The Morgan fingerprint density at radius 1 is 1.05 bits per heavy atom. The summed E-state index contributed by atoms with van der Waals surface area (Å²) in [7, 11) is 0. The van der Waals surface area contributed by atoms with Gasteiger partial charge in [0, 0.05) is 24.0 Å². The van der Waals surface area contributed by atoms with Crippen molar-refractivity contribution in [2.45, 2.75) is 20.8 Å². The van der Waals surface area contributed by atoms with Crippen LogP contribution in [-0.2, 0) is 4.79 Å². The molecule has 0 radical (unpaired) electrons. The van der Waals surface area contributed by atoms with Crippen LogP contribution in [0.2, 0.25) is 0 Å². The fourth-order valence-electron chi connectivity index (χ4n) is 2.36. The van der Waals surface area contributed by atoms with Crippen LogP contribution in [0, 0.1) is 6.92 Å². The highest BCUT2D eigenvalue weighted by atomic mass is 16.1. The van der Waals surface area contributed by atoms with Crippen LogP contribution in [0.15, 0.2) is 60.8 Å². The molecular weight excluding hydrogens is 258 g/mol. The molecule has 2 aromatic carbocycles. The number of benzene rings is 2. The predicted molar refractivity (Wildman–Crippen MR) is 89.3 cm³/mol. The molecule has 0 aliphatic rings. The van der Waals surface area contributed by atoms with E-state index in [9.17, 15) is 4.79 Å². The lowest BCUT2D eigenvalue weighted by Gasteiger charge is -2.22. The smallest absolute Gasteiger partial charge is 0.161 e. The van der Waals surface area contributed by atoms with Crippen molar-refractivity contribution >= 4 is 17.0 Å². The first-order valence-corrected chi connectivity index (χ1v) is 7.24. The average Bonchev–Trinajstić information content (AvgIpc) is 2.50. The van der Waals surface area contributed by atoms with E-state index in [0.717, 1.165) is 23.4 Å². The zero-order valence-electron chi connectivity index (χ0n) is 12.8. The maximum atomic E-state index is 12.0. The molecule has 0 aliphatic carbocycles. The molecule has 0 heterocycles. The second-order valence-electron chi connectivity index (χ2n) is 5.04. The number of anilines is 1. The second-order valence-corrected chi connectivity index (χ2v) is 5.04. The third-order valence-electron chi connectivity index (χ3n) is 3.51. The summed E-state index contributed by atoms with van der Waals surface area (Å²) in [6.45, 7) is 6.60. The first kappa shape index (κ1) is 15.0. The molecule has 0 aromatic heterocycles. The topological polar surface area (TPSA) is 20.3 Å². The number of hydrogen-bond donors (Lipinski definition) is 0. The molecule has 0 saturated carbocycles. The van der Waals surface area contributed by atoms with Gasteiger partial charge in [0.1, 0.15) is 0 Å². The van der Waals surface area contributed by atoms with Crippen molar-refractivity contribution in [3.8, 4) is 0 Å². The first-order valence-electron chi connectivity index (χ1n) is 7.24. The molecule has 0 saturated heterocycles. The number of ketones is 1. The summed E-state index contributed by atoms with van der Waals surface area (Å²) in [6, 6.07) is 18.0. The van der Waals surface area contributed by atoms with Gasteiger partial charge in [-0.25, -0.2) is 0 Å². The van der Waals surface area contributed by atoms with E-state index in [1.165, 1.54) is 5.56 Å². The molecular formula is C19H21NO. The minimum absolute atomic E-state index is 0.0771. The van der Waals surface area contributed by atoms with E-state index in [4.69, 9.17) is 0 Å². The lowest BCUT2D eigenvalue weighted by atomic mass is 10.0. The van der Waals surface area contributed by atoms with Crippen molar-refractivity contribution in [1.82, 2.24) is 0 Å². The Bertz CT molecular complexity index is 644. The van der Waals surface area contributed by atoms with E-state index in [1.54, 1.807) is 6.92 Å². The van der Waals surface area contributed by atoms with Gasteiger partial charge in [-0.15, -0.1) is 0 Å². The van der Waals surface area contributed by atoms with Gasteiger partial charge in [-0.1, -0.05) is 48.5 Å². The minimum Gasteiger partial charge on any atom is -0.347 e. The van der Waals surface area contributed by atoms with Crippen LogP contribution in [0.3, 0.4) is 0 Å². The van der Waals surface area contributed by atoms with E-state index < -0.39 is 0 Å². The molecule has 0 spiro atoms. The third-order valence-corrected chi connectivity index (χ3v) is 3.51. The number of allylic oxidation sites excluding steroid dienone is 1. The number of aryl methyl sites for hydroxylation is 1. The van der Waals surface area contributed by atoms with E-state index in [0.29, 0.717) is 0 Å². The number of hydrogen-bond acceptors (Lipinski definition) is 2. The summed E-state index contributed by atoms with van der Waals surface area (Å²) >= 11 is 0. The highest BCUT2D eigenvalue weighted by Crippen LogP contribution is 2.23. The third kappa shape index (κ3) is 3.60. The van der Waals surface area contributed by atoms with E-state index in [2.05, 4.69) is 30.9 Å². The molecule has 0 atom stereocenters. The zero-order valence-corrected chi connectivity index (χ0v) is 12.8. The molecule has 0 unspecified atom stereocenters. The maximum absolute atomic E-state index is 12.0. The SMILES string of the molecule is CCN(/C=C(\C(C)=O)c1ccccc1)c1ccccc1C. The molecule has 0 fully saturated rings. The van der Waals surface area contributed by atoms with Crippen molar-refractivity contribution in [2.24, 2.45) is 0 Å². The summed E-state index contributed by atoms with van der Waals surface area (Å²) < 4.78 is 0. The zero-order chi connectivity index (χ0) is 15.2. The van der Waals surface area contributed by atoms with Crippen LogP contribution in [0.5, 0.6) is 0 Å². The predicted octanol–water partition coefficient (Wildman–Crippen LogP) is 4.45. The lowest BCUT2D eigenvalue weighted by molar-refractivity contribution is -0.111. The van der Waals surface area contributed by atoms with Gasteiger partial charge in [0.05, 0.1) is 0 Å². The molecule has 2 nitrogen and oxygen atoms in total. The molecule has 0 bridgehead atoms. The van der Waals surface area contributed by atoms with Crippen LogP contribution in [0.1, 0.15) is 25.0 Å². The first-order chi connectivity index (χ1) is 10.1. The number of carbonyl (C=O) groups excluding carboxylic acids is 1. The normalized spacial score (nSPS) is 11.3. The molecule has 0 aliphatic heterocycles. The van der Waals surface area contributed by atoms with E-state index >= 15 is 0 Å². The van der Waals surface area contributed by atoms with Crippen molar-refractivity contribution in [3.63, 3.8) is 0 Å². The van der Waals surface area contributed by atoms with Crippen molar-refractivity contribution in [3.05, 3.63) is 71.9 Å². The lowest BCUT2D eigenvalue weighted by Crippen LogP contribution is -2.18. The Morgan fingerprint density at radius 3 is 2.24 bits per heavy atom. The van der Waals surface area contributed by atoms with Gasteiger partial charge in [-0.05, 0) is 38.0 Å². The molecule has 108 valence electrons. The van der Waals surface area contributed by atoms with Crippen molar-refractivity contribution < 1.29 is 4.79 Å². The quantitative estimate of drug-likeness (QED) is 0.754. The molecule has 21 heavy (non-hydrogen) atoms. The Hall–Kier alpha value is -2.35. The maximum Gasteiger partial charge on any atom is 0.161 e. The number of rotatable bonds is 5. The van der Waals surface area contributed by atoms with Crippen molar-refractivity contribution in [2.75, 3.05) is 11.4 Å². The Labute approximate surface area is 126 Å². The monoisotopic (exact) mass is 279 g/mol. The summed E-state index contributed by atoms with van der Waals surface area (Å²) in [5.41, 5.74) is 4.03. The van der Waals surface area contributed by atoms with E-state index in [-0.39, 0.29) is 5.78 Å². The number of Topliss-reactive ketones (excluding diaryl/α,β-unsaturated/α-hetero) is 1. The standard InChI is InChI=1S/C19H21NO/c1-4-20(19-13-9-8-10-15(19)2)14-18(16(3)21)17-11-6-5-7-12-17/h5-14H,4H2,1-3H3/b18-14+. The average molecular weight is 279 g/mol. The molecule has 2 rings (SSSR count). The Balaban J connectivity index is 2.46. The summed E-state index contributed by atoms with van der Waals surface area (Å²) in [6.07, 6.45) is 1.96. The van der Waals surface area contributed by atoms with Crippen LogP contribution in [0.25, 0.3) is 5.57 Å². The molecule has 0 amide bonds. The van der Waals surface area contributed by atoms with Crippen LogP contribution < -0.4 is 4.90 Å². The number of carbonyl (C=O) groups is 1. The fraction of sp³-hybridized carbons (Fsp3) is 0.211. The minimum atomic E-state index is 0.0771. The van der Waals surface area contributed by atoms with Gasteiger partial charge in [0.15, 0.2) is 5.78 Å². The largest absolute Gasteiger partial charge is 0.347 e. The number of nitrogens with zero attached hydrogens (tertiary/aromatic N) is 1. The fourth-order valence-corrected chi connectivity index (χ4v) is 2.36. The van der Waals surface area contributed by atoms with Crippen LogP contribution >= 0.6 is 0 Å². The summed E-state index contributed by atoms with van der Waals surface area (Å²) in [4.78, 5) is 14.1. The van der Waals surface area contributed by atoms with Gasteiger partial charge >= 0.3 is 0 Å². The van der Waals surface area contributed by atoms with Crippen molar-refractivity contribution in [1.29, 1.82) is 0 Å². The Kier molecular flexibility index (Phi) is 4.94. The van der Waals surface area contributed by atoms with Gasteiger partial charge < -0.3 is 4.90 Å². The highest BCUT2D eigenvalue weighted by Gasteiger charge is 2.11. The van der Waals surface area contributed by atoms with Crippen LogP contribution in [-0.4, -0.2) is 12.3 Å². The highest BCUT2D eigenvalue weighted by molar-refractivity contribution is 6.19. The van der Waals surface area contributed by atoms with E-state index in [1.807, 2.05) is 48.7 Å². The molecule has 0 N–H and O–H groups in total.